The van der Waals surface area contributed by atoms with Crippen molar-refractivity contribution < 1.29 is 9.59 Å². The first kappa shape index (κ1) is 14.3. The van der Waals surface area contributed by atoms with E-state index < -0.39 is 6.04 Å². The van der Waals surface area contributed by atoms with E-state index in [9.17, 15) is 9.59 Å². The van der Waals surface area contributed by atoms with Crippen molar-refractivity contribution >= 4 is 11.8 Å². The molecule has 1 atom stereocenters. The maximum Gasteiger partial charge on any atom is 0.240 e. The average molecular weight is 267 g/mol. The molecular weight excluding hydrogens is 242 g/mol. The largest absolute Gasteiger partial charge is 0.339 e. The molecular formula is C14H25N3O2. The Morgan fingerprint density at radius 2 is 1.53 bits per heavy atom. The first-order valence-corrected chi connectivity index (χ1v) is 7.14. The number of carbonyl (C=O) groups is 2. The van der Waals surface area contributed by atoms with Crippen molar-refractivity contribution in [2.24, 2.45) is 17.1 Å². The highest BCUT2D eigenvalue weighted by atomic mass is 16.2. The summed E-state index contributed by atoms with van der Waals surface area (Å²) in [5, 5.41) is 0. The lowest BCUT2D eigenvalue weighted by Gasteiger charge is -2.38. The molecule has 108 valence electrons. The molecule has 2 aliphatic rings. The Kier molecular flexibility index (Phi) is 3.85. The molecule has 5 heteroatoms. The standard InChI is InChI=1S/C14H25N3O2/c1-14(2,3)11(15)13(19)17-8-6-16(7-9-17)12(18)10-4-5-10/h10-11H,4-9,15H2,1-3H3/t11-/m1/s1. The van der Waals surface area contributed by atoms with Crippen LogP contribution in [0.5, 0.6) is 0 Å². The number of carbonyl (C=O) groups excluding carboxylic acids is 2. The van der Waals surface area contributed by atoms with Crippen LogP contribution in [0.15, 0.2) is 0 Å². The van der Waals surface area contributed by atoms with Gasteiger partial charge in [-0.1, -0.05) is 20.8 Å². The van der Waals surface area contributed by atoms with E-state index in [4.69, 9.17) is 5.73 Å². The topological polar surface area (TPSA) is 66.6 Å². The molecule has 0 bridgehead atoms. The third-order valence-corrected chi connectivity index (χ3v) is 4.03. The van der Waals surface area contributed by atoms with Gasteiger partial charge >= 0.3 is 0 Å². The van der Waals surface area contributed by atoms with E-state index in [1.165, 1.54) is 0 Å². The third-order valence-electron chi connectivity index (χ3n) is 4.03. The van der Waals surface area contributed by atoms with E-state index in [1.54, 1.807) is 4.90 Å². The molecule has 2 fully saturated rings. The third kappa shape index (κ3) is 3.26. The van der Waals surface area contributed by atoms with Crippen molar-refractivity contribution in [2.45, 2.75) is 39.7 Å². The Balaban J connectivity index is 1.85. The Morgan fingerprint density at radius 3 is 1.95 bits per heavy atom. The Morgan fingerprint density at radius 1 is 1.05 bits per heavy atom. The monoisotopic (exact) mass is 267 g/mol. The molecule has 2 rings (SSSR count). The summed E-state index contributed by atoms with van der Waals surface area (Å²) < 4.78 is 0. The van der Waals surface area contributed by atoms with Crippen molar-refractivity contribution in [3.63, 3.8) is 0 Å². The molecule has 5 nitrogen and oxygen atoms in total. The molecule has 0 aromatic heterocycles. The minimum atomic E-state index is -0.474. The second kappa shape index (κ2) is 5.12. The second-order valence-electron chi connectivity index (χ2n) is 6.77. The van der Waals surface area contributed by atoms with Gasteiger partial charge in [0.25, 0.3) is 0 Å². The Labute approximate surface area is 115 Å². The minimum Gasteiger partial charge on any atom is -0.339 e. The second-order valence-corrected chi connectivity index (χ2v) is 6.77. The van der Waals surface area contributed by atoms with Crippen LogP contribution in [0.25, 0.3) is 0 Å². The predicted octanol–water partition coefficient (Wildman–Crippen LogP) is 0.441. The fourth-order valence-electron chi connectivity index (χ4n) is 2.30. The van der Waals surface area contributed by atoms with Gasteiger partial charge in [-0.3, -0.25) is 9.59 Å². The number of nitrogens with two attached hydrogens (primary N) is 1. The quantitative estimate of drug-likeness (QED) is 0.789. The van der Waals surface area contributed by atoms with Gasteiger partial charge in [0.2, 0.25) is 11.8 Å². The van der Waals surface area contributed by atoms with E-state index in [0.717, 1.165) is 12.8 Å². The zero-order valence-electron chi connectivity index (χ0n) is 12.2. The molecule has 2 amide bonds. The summed E-state index contributed by atoms with van der Waals surface area (Å²) >= 11 is 0. The maximum atomic E-state index is 12.3. The maximum absolute atomic E-state index is 12.3. The molecule has 0 radical (unpaired) electrons. The average Bonchev–Trinajstić information content (AvgIpc) is 3.19. The van der Waals surface area contributed by atoms with Crippen molar-refractivity contribution in [1.29, 1.82) is 0 Å². The van der Waals surface area contributed by atoms with Crippen LogP contribution in [0, 0.1) is 11.3 Å². The lowest BCUT2D eigenvalue weighted by atomic mass is 9.86. The SMILES string of the molecule is CC(C)(C)[C@H](N)C(=O)N1CCN(C(=O)C2CC2)CC1. The van der Waals surface area contributed by atoms with E-state index >= 15 is 0 Å². The van der Waals surface area contributed by atoms with Crippen LogP contribution in [0.4, 0.5) is 0 Å². The van der Waals surface area contributed by atoms with Crippen LogP contribution in [0.2, 0.25) is 0 Å². The van der Waals surface area contributed by atoms with Crippen LogP contribution in [-0.2, 0) is 9.59 Å². The van der Waals surface area contributed by atoms with Gasteiger partial charge in [-0.25, -0.2) is 0 Å². The van der Waals surface area contributed by atoms with Gasteiger partial charge in [0, 0.05) is 32.1 Å². The van der Waals surface area contributed by atoms with E-state index in [0.29, 0.717) is 26.2 Å². The summed E-state index contributed by atoms with van der Waals surface area (Å²) in [7, 11) is 0. The number of rotatable bonds is 2. The van der Waals surface area contributed by atoms with Gasteiger partial charge in [0.05, 0.1) is 6.04 Å². The summed E-state index contributed by atoms with van der Waals surface area (Å²) in [6.45, 7) is 8.45. The van der Waals surface area contributed by atoms with Crippen LogP contribution < -0.4 is 5.73 Å². The molecule has 1 aliphatic heterocycles. The number of amides is 2. The molecule has 0 aromatic rings. The van der Waals surface area contributed by atoms with E-state index in [-0.39, 0.29) is 23.1 Å². The highest BCUT2D eigenvalue weighted by molar-refractivity contribution is 5.84. The number of hydrogen-bond donors (Lipinski definition) is 1. The number of hydrogen-bond acceptors (Lipinski definition) is 3. The fourth-order valence-corrected chi connectivity index (χ4v) is 2.30. The molecule has 1 saturated heterocycles. The van der Waals surface area contributed by atoms with Crippen LogP contribution in [0.3, 0.4) is 0 Å². The first-order chi connectivity index (χ1) is 8.80. The molecule has 1 saturated carbocycles. The normalized spacial score (nSPS) is 22.3. The predicted molar refractivity (Wildman–Crippen MR) is 73.3 cm³/mol. The van der Waals surface area contributed by atoms with Gasteiger partial charge in [-0.2, -0.15) is 0 Å². The molecule has 0 aromatic carbocycles. The van der Waals surface area contributed by atoms with Crippen molar-refractivity contribution in [3.05, 3.63) is 0 Å². The van der Waals surface area contributed by atoms with Gasteiger partial charge in [-0.05, 0) is 18.3 Å². The molecule has 0 spiro atoms. The molecule has 19 heavy (non-hydrogen) atoms. The van der Waals surface area contributed by atoms with Crippen LogP contribution >= 0.6 is 0 Å². The molecule has 2 N–H and O–H groups in total. The van der Waals surface area contributed by atoms with E-state index in [2.05, 4.69) is 0 Å². The van der Waals surface area contributed by atoms with Crippen molar-refractivity contribution in [2.75, 3.05) is 26.2 Å². The van der Waals surface area contributed by atoms with Gasteiger partial charge in [0.15, 0.2) is 0 Å². The fraction of sp³-hybridized carbons (Fsp3) is 0.857. The Bertz CT molecular complexity index is 363. The summed E-state index contributed by atoms with van der Waals surface area (Å²) in [6, 6.07) is -0.474. The first-order valence-electron chi connectivity index (χ1n) is 7.14. The van der Waals surface area contributed by atoms with Gasteiger partial charge in [-0.15, -0.1) is 0 Å². The lowest BCUT2D eigenvalue weighted by Crippen LogP contribution is -2.57. The molecule has 1 aliphatic carbocycles. The number of piperazine rings is 1. The van der Waals surface area contributed by atoms with Crippen LogP contribution in [-0.4, -0.2) is 53.8 Å². The minimum absolute atomic E-state index is 0.00557. The van der Waals surface area contributed by atoms with E-state index in [1.807, 2.05) is 25.7 Å². The lowest BCUT2D eigenvalue weighted by molar-refractivity contribution is -0.142. The van der Waals surface area contributed by atoms with Crippen molar-refractivity contribution in [1.82, 2.24) is 9.80 Å². The summed E-state index contributed by atoms with van der Waals surface area (Å²) in [6.07, 6.45) is 2.07. The zero-order valence-corrected chi connectivity index (χ0v) is 12.2. The molecule has 0 unspecified atom stereocenters. The summed E-state index contributed by atoms with van der Waals surface area (Å²) in [4.78, 5) is 27.9. The highest BCUT2D eigenvalue weighted by Gasteiger charge is 2.37. The smallest absolute Gasteiger partial charge is 0.240 e. The Hall–Kier alpha value is -1.10. The summed E-state index contributed by atoms with van der Waals surface area (Å²) in [5.74, 6) is 0.539. The van der Waals surface area contributed by atoms with Gasteiger partial charge in [0.1, 0.15) is 0 Å². The van der Waals surface area contributed by atoms with Crippen LogP contribution in [0.1, 0.15) is 33.6 Å². The van der Waals surface area contributed by atoms with Gasteiger partial charge < -0.3 is 15.5 Å². The zero-order chi connectivity index (χ0) is 14.2. The summed E-state index contributed by atoms with van der Waals surface area (Å²) in [5.41, 5.74) is 5.78. The molecule has 1 heterocycles. The highest BCUT2D eigenvalue weighted by Crippen LogP contribution is 2.31. The number of nitrogens with zero attached hydrogens (tertiary/aromatic N) is 2. The van der Waals surface area contributed by atoms with Crippen molar-refractivity contribution in [3.8, 4) is 0 Å².